The van der Waals surface area contributed by atoms with Crippen molar-refractivity contribution in [1.29, 1.82) is 0 Å². The molecule has 23 heavy (non-hydrogen) atoms. The van der Waals surface area contributed by atoms with Gasteiger partial charge in [-0.15, -0.1) is 10.2 Å². The van der Waals surface area contributed by atoms with Crippen LogP contribution in [0.1, 0.15) is 37.2 Å². The Morgan fingerprint density at radius 1 is 1.09 bits per heavy atom. The molecule has 0 aliphatic carbocycles. The van der Waals surface area contributed by atoms with E-state index in [0.717, 1.165) is 5.56 Å². The minimum Gasteiger partial charge on any atom is -0.424 e. The molecule has 0 radical (unpaired) electrons. The first-order valence-electron chi connectivity index (χ1n) is 7.80. The van der Waals surface area contributed by atoms with E-state index >= 15 is 0 Å². The van der Waals surface area contributed by atoms with Crippen LogP contribution in [0.4, 0.5) is 0 Å². The number of rotatable bonds is 7. The molecule has 2 aromatic heterocycles. The molecule has 120 valence electrons. The van der Waals surface area contributed by atoms with Crippen molar-refractivity contribution in [1.82, 2.24) is 25.3 Å². The van der Waals surface area contributed by atoms with Gasteiger partial charge in [-0.25, -0.2) is 0 Å². The lowest BCUT2D eigenvalue weighted by Crippen LogP contribution is -2.33. The lowest BCUT2D eigenvalue weighted by Gasteiger charge is -2.20. The molecule has 0 fully saturated rings. The minimum atomic E-state index is 0.236. The summed E-state index contributed by atoms with van der Waals surface area (Å²) in [4.78, 5) is 0. The fourth-order valence-electron chi connectivity index (χ4n) is 2.37. The normalized spacial score (nSPS) is 13.8. The highest BCUT2D eigenvalue weighted by atomic mass is 16.4. The molecule has 3 rings (SSSR count). The predicted molar refractivity (Wildman–Crippen MR) is 86.8 cm³/mol. The molecule has 2 atom stereocenters. The SMILES string of the molecule is CC(NCc1nnc(Cc2ccccc2)o1)C(C)n1cccn1. The van der Waals surface area contributed by atoms with E-state index in [1.807, 2.05) is 35.1 Å². The van der Waals surface area contributed by atoms with Gasteiger partial charge >= 0.3 is 0 Å². The summed E-state index contributed by atoms with van der Waals surface area (Å²) in [6, 6.07) is 12.5. The van der Waals surface area contributed by atoms with Gasteiger partial charge in [-0.05, 0) is 25.5 Å². The fraction of sp³-hybridized carbons (Fsp3) is 0.353. The summed E-state index contributed by atoms with van der Waals surface area (Å²) in [7, 11) is 0. The highest BCUT2D eigenvalue weighted by Crippen LogP contribution is 2.11. The first-order chi connectivity index (χ1) is 11.2. The van der Waals surface area contributed by atoms with Crippen LogP contribution >= 0.6 is 0 Å². The minimum absolute atomic E-state index is 0.236. The average Bonchev–Trinajstić information content (AvgIpc) is 3.25. The van der Waals surface area contributed by atoms with Gasteiger partial charge in [-0.2, -0.15) is 5.10 Å². The Kier molecular flexibility index (Phi) is 4.83. The van der Waals surface area contributed by atoms with E-state index in [1.165, 1.54) is 0 Å². The Labute approximate surface area is 135 Å². The number of benzene rings is 1. The van der Waals surface area contributed by atoms with Crippen LogP contribution in [0.3, 0.4) is 0 Å². The molecule has 3 aromatic rings. The molecule has 6 heteroatoms. The van der Waals surface area contributed by atoms with Crippen LogP contribution in [0.2, 0.25) is 0 Å². The van der Waals surface area contributed by atoms with Crippen molar-refractivity contribution in [3.05, 3.63) is 66.1 Å². The highest BCUT2D eigenvalue weighted by molar-refractivity contribution is 5.17. The van der Waals surface area contributed by atoms with E-state index in [4.69, 9.17) is 4.42 Å². The average molecular weight is 311 g/mol. The van der Waals surface area contributed by atoms with Gasteiger partial charge in [-0.1, -0.05) is 30.3 Å². The zero-order valence-electron chi connectivity index (χ0n) is 13.4. The molecule has 0 aliphatic rings. The molecule has 0 spiro atoms. The third kappa shape index (κ3) is 4.04. The summed E-state index contributed by atoms with van der Waals surface area (Å²) in [5, 5.41) is 15.9. The van der Waals surface area contributed by atoms with Crippen LogP contribution < -0.4 is 5.32 Å². The van der Waals surface area contributed by atoms with Gasteiger partial charge in [0.1, 0.15) is 0 Å². The maximum atomic E-state index is 5.70. The van der Waals surface area contributed by atoms with Crippen LogP contribution in [-0.4, -0.2) is 26.0 Å². The lowest BCUT2D eigenvalue weighted by molar-refractivity contribution is 0.345. The van der Waals surface area contributed by atoms with Crippen molar-refractivity contribution in [3.63, 3.8) is 0 Å². The molecule has 0 saturated heterocycles. The molecule has 0 aliphatic heterocycles. The highest BCUT2D eigenvalue weighted by Gasteiger charge is 2.15. The van der Waals surface area contributed by atoms with E-state index in [-0.39, 0.29) is 12.1 Å². The van der Waals surface area contributed by atoms with E-state index in [0.29, 0.717) is 24.7 Å². The van der Waals surface area contributed by atoms with Crippen LogP contribution in [0.25, 0.3) is 0 Å². The summed E-state index contributed by atoms with van der Waals surface area (Å²) in [5.41, 5.74) is 1.16. The van der Waals surface area contributed by atoms with Crippen molar-refractivity contribution in [2.45, 2.75) is 38.9 Å². The van der Waals surface area contributed by atoms with Gasteiger partial charge in [0.2, 0.25) is 11.8 Å². The van der Waals surface area contributed by atoms with E-state index in [2.05, 4.69) is 46.6 Å². The van der Waals surface area contributed by atoms with Gasteiger partial charge in [-0.3, -0.25) is 4.68 Å². The number of nitrogens with zero attached hydrogens (tertiary/aromatic N) is 4. The van der Waals surface area contributed by atoms with E-state index in [9.17, 15) is 0 Å². The second kappa shape index (κ2) is 7.19. The number of aromatic nitrogens is 4. The molecule has 2 heterocycles. The number of hydrogen-bond acceptors (Lipinski definition) is 5. The Morgan fingerprint density at radius 2 is 1.87 bits per heavy atom. The second-order valence-corrected chi connectivity index (χ2v) is 5.65. The summed E-state index contributed by atoms with van der Waals surface area (Å²) in [6.07, 6.45) is 4.41. The van der Waals surface area contributed by atoms with E-state index in [1.54, 1.807) is 6.20 Å². The largest absolute Gasteiger partial charge is 0.424 e. The zero-order chi connectivity index (χ0) is 16.1. The molecule has 0 saturated carbocycles. The van der Waals surface area contributed by atoms with Crippen molar-refractivity contribution in [2.75, 3.05) is 0 Å². The van der Waals surface area contributed by atoms with E-state index < -0.39 is 0 Å². The zero-order valence-corrected chi connectivity index (χ0v) is 13.4. The monoisotopic (exact) mass is 311 g/mol. The first-order valence-corrected chi connectivity index (χ1v) is 7.80. The van der Waals surface area contributed by atoms with Gasteiger partial charge in [0.25, 0.3) is 0 Å². The molecular weight excluding hydrogens is 290 g/mol. The Bertz CT molecular complexity index is 708. The van der Waals surface area contributed by atoms with Crippen LogP contribution in [0, 0.1) is 0 Å². The lowest BCUT2D eigenvalue weighted by atomic mass is 10.1. The predicted octanol–water partition coefficient (Wildman–Crippen LogP) is 2.60. The smallest absolute Gasteiger partial charge is 0.230 e. The van der Waals surface area contributed by atoms with Gasteiger partial charge in [0, 0.05) is 18.4 Å². The molecule has 1 N–H and O–H groups in total. The standard InChI is InChI=1S/C17H21N5O/c1-13(14(2)22-10-6-9-19-22)18-12-17-21-20-16(23-17)11-15-7-4-3-5-8-15/h3-10,13-14,18H,11-12H2,1-2H3. The Morgan fingerprint density at radius 3 is 2.61 bits per heavy atom. The van der Waals surface area contributed by atoms with Gasteiger partial charge < -0.3 is 9.73 Å². The Hall–Kier alpha value is -2.47. The fourth-order valence-corrected chi connectivity index (χ4v) is 2.37. The van der Waals surface area contributed by atoms with Crippen molar-refractivity contribution >= 4 is 0 Å². The molecule has 6 nitrogen and oxygen atoms in total. The topological polar surface area (TPSA) is 68.8 Å². The van der Waals surface area contributed by atoms with Crippen molar-refractivity contribution in [3.8, 4) is 0 Å². The summed E-state index contributed by atoms with van der Waals surface area (Å²) >= 11 is 0. The third-order valence-corrected chi connectivity index (χ3v) is 3.95. The number of hydrogen-bond donors (Lipinski definition) is 1. The molecule has 0 amide bonds. The Balaban J connectivity index is 1.53. The third-order valence-electron chi connectivity index (χ3n) is 3.95. The molecule has 0 bridgehead atoms. The van der Waals surface area contributed by atoms with Crippen molar-refractivity contribution < 1.29 is 4.42 Å². The first kappa shape index (κ1) is 15.4. The van der Waals surface area contributed by atoms with Crippen LogP contribution in [0.15, 0.2) is 53.2 Å². The second-order valence-electron chi connectivity index (χ2n) is 5.65. The maximum absolute atomic E-state index is 5.70. The molecule has 1 aromatic carbocycles. The van der Waals surface area contributed by atoms with Gasteiger partial charge in [0.05, 0.1) is 19.0 Å². The molecular formula is C17H21N5O. The maximum Gasteiger partial charge on any atom is 0.230 e. The number of nitrogens with one attached hydrogen (secondary N) is 1. The summed E-state index contributed by atoms with van der Waals surface area (Å²) < 4.78 is 7.64. The summed E-state index contributed by atoms with van der Waals surface area (Å²) in [5.74, 6) is 1.25. The molecule has 2 unspecified atom stereocenters. The quantitative estimate of drug-likeness (QED) is 0.726. The van der Waals surface area contributed by atoms with Gasteiger partial charge in [0.15, 0.2) is 0 Å². The van der Waals surface area contributed by atoms with Crippen LogP contribution in [0.5, 0.6) is 0 Å². The van der Waals surface area contributed by atoms with Crippen molar-refractivity contribution in [2.24, 2.45) is 0 Å². The summed E-state index contributed by atoms with van der Waals surface area (Å²) in [6.45, 7) is 4.79. The van der Waals surface area contributed by atoms with Crippen LogP contribution in [-0.2, 0) is 13.0 Å².